The molecule has 5 rings (SSSR count). The monoisotopic (exact) mass is 489 g/mol. The molecule has 1 aromatic heterocycles. The molecule has 1 fully saturated rings. The normalized spacial score (nSPS) is 20.0. The Morgan fingerprint density at radius 3 is 2.71 bits per heavy atom. The van der Waals surface area contributed by atoms with Crippen LogP contribution in [0.15, 0.2) is 65.3 Å². The summed E-state index contributed by atoms with van der Waals surface area (Å²) in [5, 5.41) is 3.53. The lowest BCUT2D eigenvalue weighted by atomic mass is 9.82. The molecule has 0 radical (unpaired) electrons. The minimum atomic E-state index is -4.44. The highest BCUT2D eigenvalue weighted by Crippen LogP contribution is 2.40. The molecule has 34 heavy (non-hydrogen) atoms. The largest absolute Gasteiger partial charge is 0.467 e. The molecule has 1 N–H and O–H groups in total. The Kier molecular flexibility index (Phi) is 5.93. The maximum Gasteiger partial charge on any atom is 0.416 e. The number of carbonyl (C=O) groups excluding carboxylic acids is 1. The van der Waals surface area contributed by atoms with E-state index in [0.29, 0.717) is 36.0 Å². The number of hydrogen-bond acceptors (Lipinski definition) is 4. The molecular formula is C25H23ClF3N3O2. The lowest BCUT2D eigenvalue weighted by molar-refractivity contribution is -0.137. The molecular weight excluding hydrogens is 467 g/mol. The zero-order chi connectivity index (χ0) is 23.9. The van der Waals surface area contributed by atoms with Crippen molar-refractivity contribution in [3.63, 3.8) is 0 Å². The Balaban J connectivity index is 1.45. The Labute approximate surface area is 200 Å². The van der Waals surface area contributed by atoms with Crippen LogP contribution in [0.5, 0.6) is 0 Å². The highest BCUT2D eigenvalue weighted by atomic mass is 35.5. The lowest BCUT2D eigenvalue weighted by Crippen LogP contribution is -2.61. The van der Waals surface area contributed by atoms with Crippen molar-refractivity contribution in [3.05, 3.63) is 82.8 Å². The number of fused-ring (bicyclic) bond motifs is 3. The molecule has 0 aliphatic carbocycles. The number of nitrogens with zero attached hydrogens (tertiary/aromatic N) is 2. The maximum atomic E-state index is 13.4. The summed E-state index contributed by atoms with van der Waals surface area (Å²) in [6, 6.07) is 14.7. The quantitative estimate of drug-likeness (QED) is 0.551. The molecule has 2 aliphatic rings. The van der Waals surface area contributed by atoms with Gasteiger partial charge in [0.2, 0.25) is 5.91 Å². The fourth-order valence-corrected chi connectivity index (χ4v) is 5.11. The van der Waals surface area contributed by atoms with Crippen LogP contribution in [0.25, 0.3) is 0 Å². The van der Waals surface area contributed by atoms with Crippen molar-refractivity contribution in [1.82, 2.24) is 5.32 Å². The van der Waals surface area contributed by atoms with E-state index >= 15 is 0 Å². The zero-order valence-corrected chi connectivity index (χ0v) is 18.9. The van der Waals surface area contributed by atoms with Crippen LogP contribution in [0.4, 0.5) is 24.5 Å². The van der Waals surface area contributed by atoms with Gasteiger partial charge < -0.3 is 19.5 Å². The fraction of sp³-hybridized carbons (Fsp3) is 0.320. The first kappa shape index (κ1) is 22.7. The molecule has 3 aromatic rings. The van der Waals surface area contributed by atoms with E-state index in [-0.39, 0.29) is 24.9 Å². The van der Waals surface area contributed by atoms with Gasteiger partial charge in [0, 0.05) is 36.0 Å². The van der Waals surface area contributed by atoms with Gasteiger partial charge in [-0.15, -0.1) is 0 Å². The Morgan fingerprint density at radius 2 is 1.97 bits per heavy atom. The van der Waals surface area contributed by atoms with Crippen molar-refractivity contribution >= 4 is 28.9 Å². The van der Waals surface area contributed by atoms with E-state index in [9.17, 15) is 18.0 Å². The van der Waals surface area contributed by atoms with Crippen molar-refractivity contribution in [1.29, 1.82) is 0 Å². The van der Waals surface area contributed by atoms with Crippen LogP contribution in [0.2, 0.25) is 5.02 Å². The van der Waals surface area contributed by atoms with Gasteiger partial charge in [-0.05, 0) is 60.5 Å². The van der Waals surface area contributed by atoms with Crippen LogP contribution in [0, 0.1) is 5.92 Å². The standard InChI is InChI=1S/C25H23ClF3N3O2/c26-18-3-1-4-19(13-18)31-8-9-32-22-7-6-17(25(27,28)29)11-16(22)12-21(23(32)15-31)24(33)30-14-20-5-2-10-34-20/h1-7,10-11,13,21,23H,8-9,12,14-15H2,(H,30,33)/t21-,23+/m1/s1. The van der Waals surface area contributed by atoms with Crippen LogP contribution in [-0.2, 0) is 23.9 Å². The number of furan rings is 1. The summed E-state index contributed by atoms with van der Waals surface area (Å²) in [5.74, 6) is -0.111. The summed E-state index contributed by atoms with van der Waals surface area (Å²) in [6.45, 7) is 2.03. The molecule has 5 nitrogen and oxygen atoms in total. The summed E-state index contributed by atoms with van der Waals surface area (Å²) in [7, 11) is 0. The number of amides is 1. The Morgan fingerprint density at radius 1 is 1.12 bits per heavy atom. The minimum Gasteiger partial charge on any atom is -0.467 e. The Bertz CT molecular complexity index is 1180. The fourth-order valence-electron chi connectivity index (χ4n) is 4.93. The van der Waals surface area contributed by atoms with E-state index in [1.807, 2.05) is 18.2 Å². The first-order valence-corrected chi connectivity index (χ1v) is 11.4. The number of piperazine rings is 1. The van der Waals surface area contributed by atoms with Gasteiger partial charge in [0.15, 0.2) is 0 Å². The third-order valence-electron chi connectivity index (χ3n) is 6.57. The number of hydrogen-bond donors (Lipinski definition) is 1. The molecule has 0 unspecified atom stereocenters. The van der Waals surface area contributed by atoms with Crippen LogP contribution in [0.1, 0.15) is 16.9 Å². The average molecular weight is 490 g/mol. The van der Waals surface area contributed by atoms with Crippen LogP contribution >= 0.6 is 11.6 Å². The molecule has 9 heteroatoms. The third-order valence-corrected chi connectivity index (χ3v) is 6.80. The number of nitrogens with one attached hydrogen (secondary N) is 1. The zero-order valence-electron chi connectivity index (χ0n) is 18.2. The van der Waals surface area contributed by atoms with E-state index in [1.165, 1.54) is 18.4 Å². The van der Waals surface area contributed by atoms with Gasteiger partial charge in [-0.3, -0.25) is 4.79 Å². The number of rotatable bonds is 4. The van der Waals surface area contributed by atoms with Crippen molar-refractivity contribution < 1.29 is 22.4 Å². The molecule has 1 amide bonds. The van der Waals surface area contributed by atoms with Gasteiger partial charge in [-0.2, -0.15) is 13.2 Å². The van der Waals surface area contributed by atoms with Gasteiger partial charge in [0.05, 0.1) is 30.3 Å². The van der Waals surface area contributed by atoms with E-state index in [2.05, 4.69) is 15.1 Å². The van der Waals surface area contributed by atoms with Crippen molar-refractivity contribution in [2.75, 3.05) is 29.4 Å². The molecule has 2 atom stereocenters. The summed E-state index contributed by atoms with van der Waals surface area (Å²) in [6.07, 6.45) is -2.68. The summed E-state index contributed by atoms with van der Waals surface area (Å²) in [4.78, 5) is 17.6. The van der Waals surface area contributed by atoms with Crippen LogP contribution < -0.4 is 15.1 Å². The molecule has 0 bridgehead atoms. The molecule has 3 heterocycles. The second-order valence-electron chi connectivity index (χ2n) is 8.64. The van der Waals surface area contributed by atoms with Gasteiger partial charge >= 0.3 is 6.18 Å². The first-order chi connectivity index (χ1) is 16.3. The van der Waals surface area contributed by atoms with E-state index < -0.39 is 17.7 Å². The third kappa shape index (κ3) is 4.46. The molecule has 0 saturated carbocycles. The number of alkyl halides is 3. The maximum absolute atomic E-state index is 13.4. The SMILES string of the molecule is O=C(NCc1ccco1)[C@@H]1Cc2cc(C(F)(F)F)ccc2N2CCN(c3cccc(Cl)c3)C[C@@H]12. The van der Waals surface area contributed by atoms with Crippen molar-refractivity contribution in [2.45, 2.75) is 25.2 Å². The van der Waals surface area contributed by atoms with Crippen molar-refractivity contribution in [3.8, 4) is 0 Å². The minimum absolute atomic E-state index is 0.200. The Hall–Kier alpha value is -3.13. The summed E-state index contributed by atoms with van der Waals surface area (Å²) < 4.78 is 45.4. The summed E-state index contributed by atoms with van der Waals surface area (Å²) >= 11 is 6.19. The summed E-state index contributed by atoms with van der Waals surface area (Å²) in [5.41, 5.74) is 1.57. The molecule has 2 aliphatic heterocycles. The van der Waals surface area contributed by atoms with E-state index in [0.717, 1.165) is 17.4 Å². The molecule has 2 aromatic carbocycles. The second kappa shape index (κ2) is 8.91. The van der Waals surface area contributed by atoms with Gasteiger partial charge in [-0.1, -0.05) is 17.7 Å². The molecule has 0 spiro atoms. The van der Waals surface area contributed by atoms with Gasteiger partial charge in [-0.25, -0.2) is 0 Å². The molecule has 178 valence electrons. The average Bonchev–Trinajstić information content (AvgIpc) is 3.34. The second-order valence-corrected chi connectivity index (χ2v) is 9.07. The van der Waals surface area contributed by atoms with Gasteiger partial charge in [0.25, 0.3) is 0 Å². The van der Waals surface area contributed by atoms with Crippen LogP contribution in [0.3, 0.4) is 0 Å². The lowest BCUT2D eigenvalue weighted by Gasteiger charge is -2.49. The van der Waals surface area contributed by atoms with Crippen molar-refractivity contribution in [2.24, 2.45) is 5.92 Å². The smallest absolute Gasteiger partial charge is 0.416 e. The highest BCUT2D eigenvalue weighted by Gasteiger charge is 2.42. The number of anilines is 2. The topological polar surface area (TPSA) is 48.7 Å². The van der Waals surface area contributed by atoms with Gasteiger partial charge in [0.1, 0.15) is 5.76 Å². The number of benzene rings is 2. The van der Waals surface area contributed by atoms with Crippen LogP contribution in [-0.4, -0.2) is 31.6 Å². The predicted molar refractivity (Wildman–Crippen MR) is 124 cm³/mol. The van der Waals surface area contributed by atoms with E-state index in [1.54, 1.807) is 18.2 Å². The highest BCUT2D eigenvalue weighted by molar-refractivity contribution is 6.30. The van der Waals surface area contributed by atoms with E-state index in [4.69, 9.17) is 16.0 Å². The molecule has 1 saturated heterocycles. The first-order valence-electron chi connectivity index (χ1n) is 11.1. The number of halogens is 4. The predicted octanol–water partition coefficient (Wildman–Crippen LogP) is 5.14. The number of carbonyl (C=O) groups is 1.